The van der Waals surface area contributed by atoms with Gasteiger partial charge in [-0.1, -0.05) is 29.8 Å². The Kier molecular flexibility index (Phi) is 8.95. The minimum Gasteiger partial charge on any atom is -0.355 e. The lowest BCUT2D eigenvalue weighted by molar-refractivity contribution is -0.139. The van der Waals surface area contributed by atoms with Gasteiger partial charge in [0.25, 0.3) is 0 Å². The molecule has 0 saturated carbocycles. The number of nitrogens with zero attached hydrogens (tertiary/aromatic N) is 3. The summed E-state index contributed by atoms with van der Waals surface area (Å²) in [5.74, 6) is -1.44. The van der Waals surface area contributed by atoms with Crippen molar-refractivity contribution in [3.8, 4) is 0 Å². The van der Waals surface area contributed by atoms with Gasteiger partial charge in [0.1, 0.15) is 18.4 Å². The molecular weight excluding hydrogens is 447 g/mol. The number of hydrogen-bond donors (Lipinski definition) is 1. The predicted octanol–water partition coefficient (Wildman–Crippen LogP) is 2.30. The molecule has 2 aromatic rings. The average molecular weight is 479 g/mol. The van der Waals surface area contributed by atoms with Crippen LogP contribution in [0.2, 0.25) is 0 Å². The first kappa shape index (κ1) is 26.3. The van der Waals surface area contributed by atoms with Crippen LogP contribution in [-0.2, 0) is 26.3 Å². The minimum atomic E-state index is -4.07. The van der Waals surface area contributed by atoms with E-state index in [2.05, 4.69) is 5.32 Å². The van der Waals surface area contributed by atoms with Crippen molar-refractivity contribution in [3.63, 3.8) is 0 Å². The van der Waals surface area contributed by atoms with Crippen molar-refractivity contribution in [2.24, 2.45) is 0 Å². The van der Waals surface area contributed by atoms with Crippen LogP contribution in [0.25, 0.3) is 0 Å². The zero-order valence-corrected chi connectivity index (χ0v) is 20.4. The van der Waals surface area contributed by atoms with E-state index in [1.54, 1.807) is 13.8 Å². The number of halogens is 1. The van der Waals surface area contributed by atoms with Crippen LogP contribution in [-0.4, -0.2) is 62.7 Å². The van der Waals surface area contributed by atoms with E-state index < -0.39 is 34.5 Å². The molecule has 0 aliphatic heterocycles. The summed E-state index contributed by atoms with van der Waals surface area (Å²) in [7, 11) is -1.38. The zero-order chi connectivity index (χ0) is 24.8. The number of benzene rings is 2. The van der Waals surface area contributed by atoms with Crippen LogP contribution in [0, 0.1) is 12.7 Å². The van der Waals surface area contributed by atoms with Crippen LogP contribution < -0.4 is 9.62 Å². The SMILES string of the molecule is CCNC(=O)[C@@H](C)N(Cc1ccc(C)cc1)C(=O)CN(c1ccc(F)cc1)S(=O)(=O)N(C)C. The van der Waals surface area contributed by atoms with Gasteiger partial charge in [-0.15, -0.1) is 0 Å². The molecule has 0 aromatic heterocycles. The van der Waals surface area contributed by atoms with Crippen molar-refractivity contribution in [1.82, 2.24) is 14.5 Å². The predicted molar refractivity (Wildman–Crippen MR) is 126 cm³/mol. The number of aryl methyl sites for hydroxylation is 1. The summed E-state index contributed by atoms with van der Waals surface area (Å²) < 4.78 is 41.3. The number of nitrogens with one attached hydrogen (secondary N) is 1. The molecule has 0 spiro atoms. The van der Waals surface area contributed by atoms with Gasteiger partial charge in [0.2, 0.25) is 11.8 Å². The molecule has 1 N–H and O–H groups in total. The van der Waals surface area contributed by atoms with Crippen LogP contribution >= 0.6 is 0 Å². The first-order valence-corrected chi connectivity index (χ1v) is 12.0. The molecule has 0 aliphatic carbocycles. The van der Waals surface area contributed by atoms with Crippen molar-refractivity contribution in [2.75, 3.05) is 31.5 Å². The molecule has 1 atom stereocenters. The molecule has 33 heavy (non-hydrogen) atoms. The maximum Gasteiger partial charge on any atom is 0.304 e. The quantitative estimate of drug-likeness (QED) is 0.568. The van der Waals surface area contributed by atoms with Crippen LogP contribution in [0.5, 0.6) is 0 Å². The molecule has 10 heteroatoms. The second kappa shape index (κ2) is 11.2. The van der Waals surface area contributed by atoms with Gasteiger partial charge < -0.3 is 10.2 Å². The van der Waals surface area contributed by atoms with E-state index in [9.17, 15) is 22.4 Å². The lowest BCUT2D eigenvalue weighted by Crippen LogP contribution is -2.52. The summed E-state index contributed by atoms with van der Waals surface area (Å²) in [5, 5.41) is 2.70. The maximum atomic E-state index is 13.4. The Labute approximate surface area is 195 Å². The Morgan fingerprint density at radius 2 is 1.61 bits per heavy atom. The van der Waals surface area contributed by atoms with E-state index in [0.717, 1.165) is 31.9 Å². The number of carbonyl (C=O) groups is 2. The minimum absolute atomic E-state index is 0.122. The van der Waals surface area contributed by atoms with Crippen LogP contribution in [0.1, 0.15) is 25.0 Å². The summed E-state index contributed by atoms with van der Waals surface area (Å²) in [4.78, 5) is 27.3. The highest BCUT2D eigenvalue weighted by atomic mass is 32.2. The molecule has 2 rings (SSSR count). The number of anilines is 1. The third-order valence-corrected chi connectivity index (χ3v) is 6.95. The third-order valence-electron chi connectivity index (χ3n) is 5.13. The Balaban J connectivity index is 2.43. The van der Waals surface area contributed by atoms with Gasteiger partial charge in [-0.05, 0) is 50.6 Å². The molecule has 0 heterocycles. The highest BCUT2D eigenvalue weighted by Crippen LogP contribution is 2.21. The Hall–Kier alpha value is -2.98. The van der Waals surface area contributed by atoms with Crippen molar-refractivity contribution >= 4 is 27.7 Å². The molecule has 0 radical (unpaired) electrons. The van der Waals surface area contributed by atoms with Gasteiger partial charge in [-0.25, -0.2) is 8.70 Å². The summed E-state index contributed by atoms with van der Waals surface area (Å²) in [6.07, 6.45) is 0. The smallest absolute Gasteiger partial charge is 0.304 e. The molecule has 0 bridgehead atoms. The lowest BCUT2D eigenvalue weighted by atomic mass is 10.1. The standard InChI is InChI=1S/C23H31FN4O4S/c1-6-25-23(30)18(3)27(15-19-9-7-17(2)8-10-19)22(29)16-28(33(31,32)26(4)5)21-13-11-20(24)12-14-21/h7-14,18H,6,15-16H2,1-5H3,(H,25,30)/t18-/m1/s1. The monoisotopic (exact) mass is 478 g/mol. The van der Waals surface area contributed by atoms with E-state index >= 15 is 0 Å². The van der Waals surface area contributed by atoms with Crippen LogP contribution in [0.4, 0.5) is 10.1 Å². The van der Waals surface area contributed by atoms with E-state index in [-0.39, 0.29) is 18.1 Å². The van der Waals surface area contributed by atoms with Gasteiger partial charge in [0, 0.05) is 27.2 Å². The second-order valence-electron chi connectivity index (χ2n) is 7.85. The molecule has 2 amide bonds. The zero-order valence-electron chi connectivity index (χ0n) is 19.6. The first-order chi connectivity index (χ1) is 15.5. The fraction of sp³-hybridized carbons (Fsp3) is 0.391. The number of rotatable bonds is 10. The summed E-state index contributed by atoms with van der Waals surface area (Å²) in [6, 6.07) is 11.5. The molecular formula is C23H31FN4O4S. The van der Waals surface area contributed by atoms with Crippen LogP contribution in [0.3, 0.4) is 0 Å². The summed E-state index contributed by atoms with van der Waals surface area (Å²) >= 11 is 0. The molecule has 0 saturated heterocycles. The molecule has 2 aromatic carbocycles. The maximum absolute atomic E-state index is 13.4. The molecule has 0 aliphatic rings. The van der Waals surface area contributed by atoms with Crippen molar-refractivity contribution in [3.05, 3.63) is 65.5 Å². The topological polar surface area (TPSA) is 90.0 Å². The molecule has 180 valence electrons. The Bertz CT molecular complexity index is 1060. The van der Waals surface area contributed by atoms with Crippen molar-refractivity contribution in [2.45, 2.75) is 33.4 Å². The highest BCUT2D eigenvalue weighted by Gasteiger charge is 2.32. The largest absolute Gasteiger partial charge is 0.355 e. The van der Waals surface area contributed by atoms with Crippen molar-refractivity contribution < 1.29 is 22.4 Å². The Morgan fingerprint density at radius 1 is 1.03 bits per heavy atom. The van der Waals surface area contributed by atoms with Gasteiger partial charge >= 0.3 is 10.2 Å². The second-order valence-corrected chi connectivity index (χ2v) is 9.92. The third kappa shape index (κ3) is 6.75. The summed E-state index contributed by atoms with van der Waals surface area (Å²) in [5.41, 5.74) is 1.99. The van der Waals surface area contributed by atoms with E-state index in [1.807, 2.05) is 31.2 Å². The Morgan fingerprint density at radius 3 is 2.12 bits per heavy atom. The fourth-order valence-corrected chi connectivity index (χ4v) is 4.17. The lowest BCUT2D eigenvalue weighted by Gasteiger charge is -2.32. The fourth-order valence-electron chi connectivity index (χ4n) is 3.12. The average Bonchev–Trinajstić information content (AvgIpc) is 2.77. The van der Waals surface area contributed by atoms with Crippen molar-refractivity contribution in [1.29, 1.82) is 0 Å². The number of carbonyl (C=O) groups excluding carboxylic acids is 2. The van der Waals surface area contributed by atoms with E-state index in [4.69, 9.17) is 0 Å². The summed E-state index contributed by atoms with van der Waals surface area (Å²) in [6.45, 7) is 5.28. The van der Waals surface area contributed by atoms with Gasteiger partial charge in [-0.3, -0.25) is 9.59 Å². The molecule has 8 nitrogen and oxygen atoms in total. The highest BCUT2D eigenvalue weighted by molar-refractivity contribution is 7.90. The van der Waals surface area contributed by atoms with Gasteiger partial charge in [-0.2, -0.15) is 12.7 Å². The molecule has 0 fully saturated rings. The number of hydrogen-bond acceptors (Lipinski definition) is 4. The normalized spacial score (nSPS) is 12.3. The van der Waals surface area contributed by atoms with Gasteiger partial charge in [0.15, 0.2) is 0 Å². The van der Waals surface area contributed by atoms with Gasteiger partial charge in [0.05, 0.1) is 5.69 Å². The molecule has 0 unspecified atom stereocenters. The van der Waals surface area contributed by atoms with E-state index in [0.29, 0.717) is 6.54 Å². The number of amides is 2. The first-order valence-electron chi connectivity index (χ1n) is 10.6. The van der Waals surface area contributed by atoms with Crippen LogP contribution in [0.15, 0.2) is 48.5 Å². The van der Waals surface area contributed by atoms with E-state index in [1.165, 1.54) is 31.1 Å². The number of likely N-dealkylation sites (N-methyl/N-ethyl adjacent to an activating group) is 1.